The van der Waals surface area contributed by atoms with Gasteiger partial charge in [0.1, 0.15) is 11.7 Å². The van der Waals surface area contributed by atoms with Crippen molar-refractivity contribution in [2.24, 2.45) is 15.9 Å². The van der Waals surface area contributed by atoms with Crippen molar-refractivity contribution >= 4 is 30.0 Å². The van der Waals surface area contributed by atoms with Crippen molar-refractivity contribution < 1.29 is 13.9 Å². The van der Waals surface area contributed by atoms with Crippen LogP contribution in [0.4, 0.5) is 4.39 Å². The summed E-state index contributed by atoms with van der Waals surface area (Å²) in [4.78, 5) is 20.6. The van der Waals surface area contributed by atoms with Crippen molar-refractivity contribution in [2.45, 2.75) is 13.0 Å². The van der Waals surface area contributed by atoms with Crippen molar-refractivity contribution in [3.63, 3.8) is 0 Å². The molecule has 6 heteroatoms. The largest absolute Gasteiger partial charge is 0.465 e. The Morgan fingerprint density at radius 1 is 1.18 bits per heavy atom. The van der Waals surface area contributed by atoms with Crippen LogP contribution >= 0.6 is 0 Å². The van der Waals surface area contributed by atoms with Crippen LogP contribution in [0.2, 0.25) is 0 Å². The van der Waals surface area contributed by atoms with Gasteiger partial charge in [-0.1, -0.05) is 48.5 Å². The number of guanidine groups is 1. The summed E-state index contributed by atoms with van der Waals surface area (Å²) in [6, 6.07) is 14.7. The topological polar surface area (TPSA) is 63.0 Å². The predicted molar refractivity (Wildman–Crippen MR) is 108 cm³/mol. The van der Waals surface area contributed by atoms with Crippen LogP contribution in [0.5, 0.6) is 0 Å². The number of hydrogen-bond donors (Lipinski definition) is 1. The fourth-order valence-corrected chi connectivity index (χ4v) is 3.44. The van der Waals surface area contributed by atoms with Gasteiger partial charge in [-0.05, 0) is 29.7 Å². The number of nitrogens with zero attached hydrogens (tertiary/aromatic N) is 2. The molecule has 0 fully saturated rings. The Morgan fingerprint density at radius 2 is 1.93 bits per heavy atom. The molecule has 1 heterocycles. The lowest BCUT2D eigenvalue weighted by Gasteiger charge is -2.23. The van der Waals surface area contributed by atoms with Gasteiger partial charge in [-0.2, -0.15) is 0 Å². The lowest BCUT2D eigenvalue weighted by Crippen LogP contribution is -2.33. The highest BCUT2D eigenvalue weighted by molar-refractivity contribution is 5.99. The number of fused-ring (bicyclic) bond motifs is 2. The summed E-state index contributed by atoms with van der Waals surface area (Å²) in [7, 11) is 0. The average Bonchev–Trinajstić information content (AvgIpc) is 2.84. The van der Waals surface area contributed by atoms with Crippen LogP contribution in [0.25, 0.3) is 11.9 Å². The maximum Gasteiger partial charge on any atom is 0.316 e. The number of hydrogen-bond acceptors (Lipinski definition) is 5. The van der Waals surface area contributed by atoms with Crippen LogP contribution in [0.3, 0.4) is 0 Å². The van der Waals surface area contributed by atoms with E-state index in [0.717, 1.165) is 16.7 Å². The van der Waals surface area contributed by atoms with Gasteiger partial charge in [0, 0.05) is 11.8 Å². The van der Waals surface area contributed by atoms with Crippen molar-refractivity contribution in [3.8, 4) is 0 Å². The highest BCUT2D eigenvalue weighted by Gasteiger charge is 2.27. The molecule has 0 amide bonds. The highest BCUT2D eigenvalue weighted by Crippen LogP contribution is 2.37. The van der Waals surface area contributed by atoms with E-state index in [-0.39, 0.29) is 24.4 Å². The molecule has 2 aliphatic rings. The molecule has 5 nitrogen and oxygen atoms in total. The number of carbonyl (C=O) groups excluding carboxylic acids is 1. The van der Waals surface area contributed by atoms with Crippen LogP contribution in [0, 0.1) is 5.92 Å². The molecule has 2 unspecified atom stereocenters. The Hall–Kier alpha value is -3.28. The number of esters is 1. The van der Waals surface area contributed by atoms with Gasteiger partial charge in [0.15, 0.2) is 0 Å². The first kappa shape index (κ1) is 18.1. The van der Waals surface area contributed by atoms with E-state index in [9.17, 15) is 9.18 Å². The normalized spacial score (nSPS) is 20.2. The maximum absolute atomic E-state index is 14.8. The van der Waals surface area contributed by atoms with Gasteiger partial charge in [0.25, 0.3) is 0 Å². The van der Waals surface area contributed by atoms with Crippen molar-refractivity contribution in [2.75, 3.05) is 13.2 Å². The van der Waals surface area contributed by atoms with E-state index in [4.69, 9.17) is 4.74 Å². The Labute approximate surface area is 162 Å². The second kappa shape index (κ2) is 7.76. The van der Waals surface area contributed by atoms with Crippen LogP contribution in [0.1, 0.15) is 35.2 Å². The monoisotopic (exact) mass is 377 g/mol. The minimum atomic E-state index is -0.474. The number of ether oxygens (including phenoxy) is 1. The van der Waals surface area contributed by atoms with Crippen LogP contribution in [0.15, 0.2) is 58.5 Å². The zero-order valence-electron chi connectivity index (χ0n) is 15.4. The van der Waals surface area contributed by atoms with Crippen molar-refractivity contribution in [3.05, 3.63) is 70.8 Å². The molecule has 0 radical (unpaired) electrons. The molecular weight excluding hydrogens is 357 g/mol. The molecule has 4 rings (SSSR count). The first-order valence-electron chi connectivity index (χ1n) is 9.24. The molecule has 0 saturated heterocycles. The van der Waals surface area contributed by atoms with E-state index >= 15 is 0 Å². The molecule has 2 atom stereocenters. The van der Waals surface area contributed by atoms with Gasteiger partial charge in [0.05, 0.1) is 19.2 Å². The third kappa shape index (κ3) is 3.45. The smallest absolute Gasteiger partial charge is 0.316 e. The van der Waals surface area contributed by atoms with E-state index in [2.05, 4.69) is 15.3 Å². The third-order valence-corrected chi connectivity index (χ3v) is 4.80. The van der Waals surface area contributed by atoms with Crippen LogP contribution in [-0.4, -0.2) is 31.3 Å². The molecule has 1 aliphatic heterocycles. The Bertz CT molecular complexity index is 997. The molecule has 0 saturated carbocycles. The van der Waals surface area contributed by atoms with E-state index in [1.807, 2.05) is 42.5 Å². The number of aliphatic imine (C=N–C) groups is 2. The molecule has 2 aromatic carbocycles. The zero-order chi connectivity index (χ0) is 19.5. The molecule has 142 valence electrons. The highest BCUT2D eigenvalue weighted by atomic mass is 19.1. The molecule has 2 aromatic rings. The molecule has 28 heavy (non-hydrogen) atoms. The SMILES string of the molecule is CCOC(=O)C1C=NC(NC2c3ccccc3C=C(F)c3ccccc32)=NC1. The summed E-state index contributed by atoms with van der Waals surface area (Å²) in [5.41, 5.74) is 3.10. The van der Waals surface area contributed by atoms with Gasteiger partial charge >= 0.3 is 5.97 Å². The van der Waals surface area contributed by atoms with Crippen LogP contribution < -0.4 is 5.32 Å². The second-order valence-electron chi connectivity index (χ2n) is 6.59. The summed E-state index contributed by atoms with van der Waals surface area (Å²) >= 11 is 0. The van der Waals surface area contributed by atoms with Gasteiger partial charge in [-0.25, -0.2) is 9.38 Å². The fourth-order valence-electron chi connectivity index (χ4n) is 3.44. The quantitative estimate of drug-likeness (QED) is 0.829. The first-order chi connectivity index (χ1) is 13.7. The molecule has 0 spiro atoms. The van der Waals surface area contributed by atoms with Gasteiger partial charge in [-0.3, -0.25) is 9.79 Å². The summed E-state index contributed by atoms with van der Waals surface area (Å²) in [5.74, 6) is -0.662. The Kier molecular flexibility index (Phi) is 5.02. The van der Waals surface area contributed by atoms with E-state index in [0.29, 0.717) is 18.1 Å². The standard InChI is InChI=1S/C22H20FN3O2/c1-2-28-21(27)15-12-24-22(25-13-15)26-20-16-8-4-3-7-14(16)11-19(23)17-9-5-6-10-18(17)20/h3-12,15,20H,2,13H2,1H3,(H,25,26). The summed E-state index contributed by atoms with van der Waals surface area (Å²) in [6.45, 7) is 2.36. The van der Waals surface area contributed by atoms with E-state index in [1.165, 1.54) is 0 Å². The number of carbonyl (C=O) groups is 1. The summed E-state index contributed by atoms with van der Waals surface area (Å²) < 4.78 is 19.8. The third-order valence-electron chi connectivity index (χ3n) is 4.80. The number of nitrogens with one attached hydrogen (secondary N) is 1. The Balaban J connectivity index is 1.65. The van der Waals surface area contributed by atoms with Crippen molar-refractivity contribution in [1.82, 2.24) is 5.32 Å². The van der Waals surface area contributed by atoms with Gasteiger partial charge in [0.2, 0.25) is 5.96 Å². The molecule has 0 bridgehead atoms. The molecular formula is C22H20FN3O2. The fraction of sp³-hybridized carbons (Fsp3) is 0.227. The molecule has 1 aliphatic carbocycles. The number of benzene rings is 2. The molecule has 1 N–H and O–H groups in total. The van der Waals surface area contributed by atoms with E-state index < -0.39 is 5.92 Å². The Morgan fingerprint density at radius 3 is 2.68 bits per heavy atom. The van der Waals surface area contributed by atoms with Crippen LogP contribution in [-0.2, 0) is 9.53 Å². The number of rotatable bonds is 3. The molecule has 0 aromatic heterocycles. The summed E-state index contributed by atoms with van der Waals surface area (Å²) in [5, 5.41) is 3.32. The zero-order valence-corrected chi connectivity index (χ0v) is 15.4. The first-order valence-corrected chi connectivity index (χ1v) is 9.24. The second-order valence-corrected chi connectivity index (χ2v) is 6.59. The van der Waals surface area contributed by atoms with Gasteiger partial charge < -0.3 is 10.1 Å². The minimum Gasteiger partial charge on any atom is -0.465 e. The maximum atomic E-state index is 14.8. The number of halogens is 1. The van der Waals surface area contributed by atoms with E-state index in [1.54, 1.807) is 25.3 Å². The lowest BCUT2D eigenvalue weighted by molar-refractivity contribution is -0.145. The average molecular weight is 377 g/mol. The van der Waals surface area contributed by atoms with Gasteiger partial charge in [-0.15, -0.1) is 0 Å². The predicted octanol–water partition coefficient (Wildman–Crippen LogP) is 3.77. The minimum absolute atomic E-state index is 0.271. The summed E-state index contributed by atoms with van der Waals surface area (Å²) in [6.07, 6.45) is 3.11. The van der Waals surface area contributed by atoms with Crippen molar-refractivity contribution in [1.29, 1.82) is 0 Å². The lowest BCUT2D eigenvalue weighted by atomic mass is 9.94.